The van der Waals surface area contributed by atoms with Crippen LogP contribution in [0.5, 0.6) is 5.75 Å². The van der Waals surface area contributed by atoms with Crippen molar-refractivity contribution in [1.82, 2.24) is 0 Å². The number of ether oxygens (including phenoxy) is 1. The van der Waals surface area contributed by atoms with Crippen molar-refractivity contribution in [3.05, 3.63) is 42.5 Å². The molecular weight excluding hydrogens is 248 g/mol. The van der Waals surface area contributed by atoms with Crippen LogP contribution in [0.2, 0.25) is 0 Å². The first-order chi connectivity index (χ1) is 9.08. The predicted molar refractivity (Wildman–Crippen MR) is 68.3 cm³/mol. The molecule has 0 aliphatic heterocycles. The Hall–Kier alpha value is -2.56. The zero-order chi connectivity index (χ0) is 13.8. The fourth-order valence-corrected chi connectivity index (χ4v) is 1.79. The third kappa shape index (κ3) is 3.01. The number of carboxylic acids is 2. The Balaban J connectivity index is 2.33. The van der Waals surface area contributed by atoms with Crippen molar-refractivity contribution in [1.29, 1.82) is 0 Å². The van der Waals surface area contributed by atoms with Gasteiger partial charge in [0.05, 0.1) is 6.42 Å². The molecule has 0 saturated carbocycles. The summed E-state index contributed by atoms with van der Waals surface area (Å²) in [4.78, 5) is 21.6. The SMILES string of the molecule is O=C(O)CC(Oc1cccc2ccccc12)C(=O)O. The summed E-state index contributed by atoms with van der Waals surface area (Å²) in [6.45, 7) is 0. The molecule has 0 radical (unpaired) electrons. The molecule has 2 aromatic rings. The summed E-state index contributed by atoms with van der Waals surface area (Å²) in [7, 11) is 0. The Morgan fingerprint density at radius 1 is 1.05 bits per heavy atom. The van der Waals surface area contributed by atoms with E-state index in [9.17, 15) is 9.59 Å². The van der Waals surface area contributed by atoms with E-state index in [1.807, 2.05) is 24.3 Å². The van der Waals surface area contributed by atoms with Gasteiger partial charge in [-0.05, 0) is 11.5 Å². The number of benzene rings is 2. The molecule has 19 heavy (non-hydrogen) atoms. The van der Waals surface area contributed by atoms with E-state index in [0.717, 1.165) is 10.8 Å². The Bertz CT molecular complexity index is 615. The largest absolute Gasteiger partial charge is 0.481 e. The standard InChI is InChI=1S/C14H12O5/c15-13(16)8-12(14(17)18)19-11-7-3-5-9-4-1-2-6-10(9)11/h1-7,12H,8H2,(H,15,16)(H,17,18). The Morgan fingerprint density at radius 3 is 2.42 bits per heavy atom. The second-order valence-corrected chi connectivity index (χ2v) is 4.02. The number of aliphatic carboxylic acids is 2. The van der Waals surface area contributed by atoms with Crippen molar-refractivity contribution < 1.29 is 24.5 Å². The van der Waals surface area contributed by atoms with Crippen LogP contribution in [0.3, 0.4) is 0 Å². The van der Waals surface area contributed by atoms with Gasteiger partial charge in [-0.25, -0.2) is 4.79 Å². The second-order valence-electron chi connectivity index (χ2n) is 4.02. The van der Waals surface area contributed by atoms with Gasteiger partial charge in [-0.3, -0.25) is 4.79 Å². The molecule has 0 aliphatic rings. The fourth-order valence-electron chi connectivity index (χ4n) is 1.79. The van der Waals surface area contributed by atoms with Crippen LogP contribution in [-0.4, -0.2) is 28.3 Å². The predicted octanol–water partition coefficient (Wildman–Crippen LogP) is 2.15. The first kappa shape index (κ1) is 12.9. The molecule has 2 rings (SSSR count). The Morgan fingerprint density at radius 2 is 1.74 bits per heavy atom. The lowest BCUT2D eigenvalue weighted by Gasteiger charge is -2.14. The van der Waals surface area contributed by atoms with Gasteiger partial charge in [-0.2, -0.15) is 0 Å². The van der Waals surface area contributed by atoms with Gasteiger partial charge < -0.3 is 14.9 Å². The number of hydrogen-bond acceptors (Lipinski definition) is 3. The van der Waals surface area contributed by atoms with Crippen molar-refractivity contribution in [3.63, 3.8) is 0 Å². The van der Waals surface area contributed by atoms with Gasteiger partial charge in [0.25, 0.3) is 0 Å². The molecule has 2 N–H and O–H groups in total. The number of rotatable bonds is 5. The molecule has 0 spiro atoms. The van der Waals surface area contributed by atoms with Crippen molar-refractivity contribution in [2.75, 3.05) is 0 Å². The molecule has 5 heteroatoms. The highest BCUT2D eigenvalue weighted by molar-refractivity contribution is 5.89. The van der Waals surface area contributed by atoms with Gasteiger partial charge in [0.1, 0.15) is 5.75 Å². The topological polar surface area (TPSA) is 83.8 Å². The van der Waals surface area contributed by atoms with Gasteiger partial charge in [-0.1, -0.05) is 36.4 Å². The van der Waals surface area contributed by atoms with E-state index < -0.39 is 24.5 Å². The molecular formula is C14H12O5. The maximum absolute atomic E-state index is 11.0. The highest BCUT2D eigenvalue weighted by Gasteiger charge is 2.23. The minimum atomic E-state index is -1.40. The summed E-state index contributed by atoms with van der Waals surface area (Å²) < 4.78 is 5.32. The number of carbonyl (C=O) groups is 2. The van der Waals surface area contributed by atoms with E-state index in [0.29, 0.717) is 5.75 Å². The summed E-state index contributed by atoms with van der Waals surface area (Å²) >= 11 is 0. The van der Waals surface area contributed by atoms with Crippen molar-refractivity contribution in [2.24, 2.45) is 0 Å². The van der Waals surface area contributed by atoms with Crippen molar-refractivity contribution >= 4 is 22.7 Å². The van der Waals surface area contributed by atoms with Crippen LogP contribution in [0.15, 0.2) is 42.5 Å². The summed E-state index contributed by atoms with van der Waals surface area (Å²) in [6, 6.07) is 12.6. The molecule has 0 aliphatic carbocycles. The molecule has 0 saturated heterocycles. The average molecular weight is 260 g/mol. The summed E-state index contributed by atoms with van der Waals surface area (Å²) in [6.07, 6.45) is -1.98. The number of fused-ring (bicyclic) bond motifs is 1. The van der Waals surface area contributed by atoms with E-state index in [1.54, 1.807) is 18.2 Å². The highest BCUT2D eigenvalue weighted by Crippen LogP contribution is 2.26. The zero-order valence-electron chi connectivity index (χ0n) is 9.95. The molecule has 0 bridgehead atoms. The van der Waals surface area contributed by atoms with Crippen LogP contribution in [0.4, 0.5) is 0 Å². The molecule has 0 heterocycles. The summed E-state index contributed by atoms with van der Waals surface area (Å²) in [5, 5.41) is 19.3. The summed E-state index contributed by atoms with van der Waals surface area (Å²) in [5.41, 5.74) is 0. The molecule has 98 valence electrons. The van der Waals surface area contributed by atoms with E-state index >= 15 is 0 Å². The lowest BCUT2D eigenvalue weighted by molar-refractivity contribution is -0.151. The van der Waals surface area contributed by atoms with Gasteiger partial charge in [0, 0.05) is 5.39 Å². The van der Waals surface area contributed by atoms with Crippen LogP contribution in [0.25, 0.3) is 10.8 Å². The van der Waals surface area contributed by atoms with Gasteiger partial charge >= 0.3 is 11.9 Å². The molecule has 1 unspecified atom stereocenters. The van der Waals surface area contributed by atoms with Crippen molar-refractivity contribution in [3.8, 4) is 5.75 Å². The summed E-state index contributed by atoms with van der Waals surface area (Å²) in [5.74, 6) is -2.14. The quantitative estimate of drug-likeness (QED) is 0.860. The third-order valence-corrected chi connectivity index (χ3v) is 2.65. The molecule has 1 atom stereocenters. The van der Waals surface area contributed by atoms with E-state index in [-0.39, 0.29) is 0 Å². The van der Waals surface area contributed by atoms with Crippen molar-refractivity contribution in [2.45, 2.75) is 12.5 Å². The Kier molecular flexibility index (Phi) is 3.66. The first-order valence-electron chi connectivity index (χ1n) is 5.67. The normalized spacial score (nSPS) is 12.0. The molecule has 2 aromatic carbocycles. The molecule has 0 amide bonds. The molecule has 5 nitrogen and oxygen atoms in total. The van der Waals surface area contributed by atoms with Crippen LogP contribution in [0, 0.1) is 0 Å². The Labute approximate surface area is 109 Å². The van der Waals surface area contributed by atoms with Crippen LogP contribution in [-0.2, 0) is 9.59 Å². The lowest BCUT2D eigenvalue weighted by Crippen LogP contribution is -2.29. The maximum Gasteiger partial charge on any atom is 0.345 e. The maximum atomic E-state index is 11.0. The lowest BCUT2D eigenvalue weighted by atomic mass is 10.1. The van der Waals surface area contributed by atoms with Gasteiger partial charge in [-0.15, -0.1) is 0 Å². The average Bonchev–Trinajstić information content (AvgIpc) is 2.37. The molecule has 0 fully saturated rings. The van der Waals surface area contributed by atoms with Crippen LogP contribution >= 0.6 is 0 Å². The second kappa shape index (κ2) is 5.39. The first-order valence-corrected chi connectivity index (χ1v) is 5.67. The van der Waals surface area contributed by atoms with Gasteiger partial charge in [0.15, 0.2) is 0 Å². The number of carboxylic acid groups (broad SMARTS) is 2. The van der Waals surface area contributed by atoms with Crippen LogP contribution in [0.1, 0.15) is 6.42 Å². The van der Waals surface area contributed by atoms with Gasteiger partial charge in [0.2, 0.25) is 6.10 Å². The highest BCUT2D eigenvalue weighted by atomic mass is 16.5. The minimum absolute atomic E-state index is 0.367. The monoisotopic (exact) mass is 260 g/mol. The fraction of sp³-hybridized carbons (Fsp3) is 0.143. The smallest absolute Gasteiger partial charge is 0.345 e. The van der Waals surface area contributed by atoms with Crippen LogP contribution < -0.4 is 4.74 Å². The number of hydrogen-bond donors (Lipinski definition) is 2. The minimum Gasteiger partial charge on any atom is -0.481 e. The third-order valence-electron chi connectivity index (χ3n) is 2.65. The van der Waals surface area contributed by atoms with E-state index in [4.69, 9.17) is 14.9 Å². The zero-order valence-corrected chi connectivity index (χ0v) is 9.95. The molecule has 0 aromatic heterocycles. The van der Waals surface area contributed by atoms with E-state index in [1.165, 1.54) is 0 Å². The van der Waals surface area contributed by atoms with E-state index in [2.05, 4.69) is 0 Å².